The highest BCUT2D eigenvalue weighted by Crippen LogP contribution is 2.02. The van der Waals surface area contributed by atoms with Gasteiger partial charge in [-0.3, -0.25) is 4.79 Å². The molecule has 0 saturated carbocycles. The SMILES string of the molecule is CC(C)CC(=O)OCC[C@H](O)/C=C/C=C/C#CC#C/C=C/CO. The maximum absolute atomic E-state index is 11.3. The lowest BCUT2D eigenvalue weighted by molar-refractivity contribution is -0.144. The van der Waals surface area contributed by atoms with E-state index in [2.05, 4.69) is 23.7 Å². The molecule has 0 bridgehead atoms. The summed E-state index contributed by atoms with van der Waals surface area (Å²) in [7, 11) is 0. The summed E-state index contributed by atoms with van der Waals surface area (Å²) in [6.45, 7) is 4.07. The predicted molar refractivity (Wildman–Crippen MR) is 91.1 cm³/mol. The first-order chi connectivity index (χ1) is 11.1. The Balaban J connectivity index is 3.91. The zero-order chi connectivity index (χ0) is 17.3. The number of carbonyl (C=O) groups excluding carboxylic acids is 1. The molecule has 0 aliphatic rings. The van der Waals surface area contributed by atoms with Gasteiger partial charge < -0.3 is 14.9 Å². The fourth-order valence-electron chi connectivity index (χ4n) is 1.35. The van der Waals surface area contributed by atoms with Crippen LogP contribution in [0.1, 0.15) is 26.7 Å². The lowest BCUT2D eigenvalue weighted by Crippen LogP contribution is -2.13. The molecule has 0 fully saturated rings. The molecule has 0 saturated heterocycles. The van der Waals surface area contributed by atoms with Crippen LogP contribution in [-0.4, -0.2) is 35.5 Å². The molecule has 124 valence electrons. The monoisotopic (exact) mass is 316 g/mol. The van der Waals surface area contributed by atoms with Crippen LogP contribution in [0.2, 0.25) is 0 Å². The summed E-state index contributed by atoms with van der Waals surface area (Å²) >= 11 is 0. The number of hydrogen-bond donors (Lipinski definition) is 2. The molecule has 0 unspecified atom stereocenters. The van der Waals surface area contributed by atoms with Crippen molar-refractivity contribution in [3.05, 3.63) is 36.5 Å². The molecule has 0 aromatic heterocycles. The Morgan fingerprint density at radius 3 is 2.52 bits per heavy atom. The molecular weight excluding hydrogens is 292 g/mol. The molecule has 23 heavy (non-hydrogen) atoms. The van der Waals surface area contributed by atoms with Crippen LogP contribution < -0.4 is 0 Å². The van der Waals surface area contributed by atoms with Gasteiger partial charge >= 0.3 is 5.97 Å². The van der Waals surface area contributed by atoms with Gasteiger partial charge in [-0.15, -0.1) is 0 Å². The maximum atomic E-state index is 11.3. The number of hydrogen-bond acceptors (Lipinski definition) is 4. The van der Waals surface area contributed by atoms with E-state index in [-0.39, 0.29) is 25.1 Å². The Morgan fingerprint density at radius 1 is 1.17 bits per heavy atom. The average molecular weight is 316 g/mol. The number of carbonyl (C=O) groups is 1. The van der Waals surface area contributed by atoms with Crippen molar-refractivity contribution in [2.24, 2.45) is 5.92 Å². The Kier molecular flexibility index (Phi) is 13.2. The van der Waals surface area contributed by atoms with Crippen LogP contribution >= 0.6 is 0 Å². The number of aliphatic hydroxyl groups excluding tert-OH is 2. The first kappa shape index (κ1) is 20.7. The smallest absolute Gasteiger partial charge is 0.306 e. The fourth-order valence-corrected chi connectivity index (χ4v) is 1.35. The number of allylic oxidation sites excluding steroid dienone is 4. The van der Waals surface area contributed by atoms with Crippen molar-refractivity contribution < 1.29 is 19.7 Å². The van der Waals surface area contributed by atoms with Crippen LogP contribution in [0, 0.1) is 29.6 Å². The third kappa shape index (κ3) is 15.9. The van der Waals surface area contributed by atoms with Crippen LogP contribution in [0.5, 0.6) is 0 Å². The van der Waals surface area contributed by atoms with Gasteiger partial charge in [-0.1, -0.05) is 50.0 Å². The van der Waals surface area contributed by atoms with Crippen LogP contribution in [0.3, 0.4) is 0 Å². The van der Waals surface area contributed by atoms with E-state index in [1.807, 2.05) is 13.8 Å². The van der Waals surface area contributed by atoms with Crippen molar-refractivity contribution in [2.45, 2.75) is 32.8 Å². The predicted octanol–water partition coefficient (Wildman–Crippen LogP) is 1.99. The third-order valence-corrected chi connectivity index (χ3v) is 2.39. The summed E-state index contributed by atoms with van der Waals surface area (Å²) in [5, 5.41) is 18.1. The molecule has 0 rings (SSSR count). The van der Waals surface area contributed by atoms with Gasteiger partial charge in [0.2, 0.25) is 0 Å². The summed E-state index contributed by atoms with van der Waals surface area (Å²) < 4.78 is 5.01. The Labute approximate surface area is 138 Å². The van der Waals surface area contributed by atoms with Crippen molar-refractivity contribution >= 4 is 5.97 Å². The van der Waals surface area contributed by atoms with E-state index < -0.39 is 6.10 Å². The zero-order valence-corrected chi connectivity index (χ0v) is 13.7. The quantitative estimate of drug-likeness (QED) is 0.408. The topological polar surface area (TPSA) is 66.8 Å². The van der Waals surface area contributed by atoms with Gasteiger partial charge in [-0.05, 0) is 29.9 Å². The van der Waals surface area contributed by atoms with Crippen molar-refractivity contribution in [1.82, 2.24) is 0 Å². The number of rotatable bonds is 8. The molecule has 0 amide bonds. The molecule has 4 nitrogen and oxygen atoms in total. The summed E-state index contributed by atoms with van der Waals surface area (Å²) in [4.78, 5) is 11.3. The standard InChI is InChI=1S/C19H24O4/c1-17(2)16-19(22)23-15-13-18(21)12-10-8-6-4-3-5-7-9-11-14-20/h6,8-12,17-18,20-21H,13-16H2,1-2H3/b8-6+,11-9+,12-10+/t18-/m1/s1. The highest BCUT2D eigenvalue weighted by Gasteiger charge is 2.06. The number of aliphatic hydroxyl groups is 2. The molecular formula is C19H24O4. The minimum absolute atomic E-state index is 0.0357. The minimum atomic E-state index is -0.664. The second-order valence-electron chi connectivity index (χ2n) is 5.04. The number of ether oxygens (including phenoxy) is 1. The van der Waals surface area contributed by atoms with Crippen molar-refractivity contribution in [1.29, 1.82) is 0 Å². The van der Waals surface area contributed by atoms with E-state index >= 15 is 0 Å². The molecule has 1 atom stereocenters. The first-order valence-electron chi connectivity index (χ1n) is 7.50. The molecule has 2 N–H and O–H groups in total. The van der Waals surface area contributed by atoms with Crippen molar-refractivity contribution in [2.75, 3.05) is 13.2 Å². The Hall–Kier alpha value is -2.27. The summed E-state index contributed by atoms with van der Waals surface area (Å²) in [6.07, 6.45) is 9.72. The van der Waals surface area contributed by atoms with Gasteiger partial charge in [0.25, 0.3) is 0 Å². The van der Waals surface area contributed by atoms with Crippen LogP contribution in [0.25, 0.3) is 0 Å². The van der Waals surface area contributed by atoms with Gasteiger partial charge in [0.05, 0.1) is 19.3 Å². The Bertz CT molecular complexity index is 533. The fraction of sp³-hybridized carbons (Fsp3) is 0.421. The summed E-state index contributed by atoms with van der Waals surface area (Å²) in [6, 6.07) is 0. The Morgan fingerprint density at radius 2 is 1.87 bits per heavy atom. The molecule has 0 heterocycles. The van der Waals surface area contributed by atoms with Crippen LogP contribution in [-0.2, 0) is 9.53 Å². The van der Waals surface area contributed by atoms with Gasteiger partial charge in [0, 0.05) is 12.8 Å². The van der Waals surface area contributed by atoms with Gasteiger partial charge in [0.15, 0.2) is 0 Å². The highest BCUT2D eigenvalue weighted by molar-refractivity contribution is 5.69. The van der Waals surface area contributed by atoms with Crippen molar-refractivity contribution in [3.8, 4) is 23.7 Å². The van der Waals surface area contributed by atoms with E-state index in [0.29, 0.717) is 12.8 Å². The summed E-state index contributed by atoms with van der Waals surface area (Å²) in [5.74, 6) is 10.6. The van der Waals surface area contributed by atoms with Gasteiger partial charge in [-0.2, -0.15) is 0 Å². The van der Waals surface area contributed by atoms with E-state index in [4.69, 9.17) is 9.84 Å². The van der Waals surface area contributed by atoms with E-state index in [1.165, 1.54) is 12.2 Å². The first-order valence-corrected chi connectivity index (χ1v) is 7.50. The van der Waals surface area contributed by atoms with E-state index in [1.54, 1.807) is 24.3 Å². The lowest BCUT2D eigenvalue weighted by Gasteiger charge is -2.08. The molecule has 0 aliphatic carbocycles. The molecule has 0 spiro atoms. The highest BCUT2D eigenvalue weighted by atomic mass is 16.5. The molecule has 0 aliphatic heterocycles. The average Bonchev–Trinajstić information content (AvgIpc) is 2.48. The second kappa shape index (κ2) is 14.7. The summed E-state index contributed by atoms with van der Waals surface area (Å²) in [5.41, 5.74) is 0. The molecule has 4 heteroatoms. The normalized spacial score (nSPS) is 12.2. The minimum Gasteiger partial charge on any atom is -0.466 e. The molecule has 0 aromatic rings. The van der Waals surface area contributed by atoms with E-state index in [0.717, 1.165) is 0 Å². The van der Waals surface area contributed by atoms with E-state index in [9.17, 15) is 9.90 Å². The van der Waals surface area contributed by atoms with Gasteiger partial charge in [0.1, 0.15) is 0 Å². The largest absolute Gasteiger partial charge is 0.466 e. The van der Waals surface area contributed by atoms with Crippen molar-refractivity contribution in [3.63, 3.8) is 0 Å². The van der Waals surface area contributed by atoms with Gasteiger partial charge in [-0.25, -0.2) is 0 Å². The zero-order valence-electron chi connectivity index (χ0n) is 13.7. The molecule has 0 aromatic carbocycles. The second-order valence-corrected chi connectivity index (χ2v) is 5.04. The maximum Gasteiger partial charge on any atom is 0.306 e. The lowest BCUT2D eigenvalue weighted by atomic mass is 10.1. The molecule has 0 radical (unpaired) electrons. The number of esters is 1. The third-order valence-electron chi connectivity index (χ3n) is 2.39. The van der Waals surface area contributed by atoms with Crippen LogP contribution in [0.15, 0.2) is 36.5 Å². The van der Waals surface area contributed by atoms with Crippen LogP contribution in [0.4, 0.5) is 0 Å².